The van der Waals surface area contributed by atoms with Crippen molar-refractivity contribution in [2.24, 2.45) is 0 Å². The Morgan fingerprint density at radius 3 is 2.22 bits per heavy atom. The van der Waals surface area contributed by atoms with E-state index in [0.717, 1.165) is 49.9 Å². The smallest absolute Gasteiger partial charge is 0.434 e. The highest BCUT2D eigenvalue weighted by Crippen LogP contribution is 2.40. The summed E-state index contributed by atoms with van der Waals surface area (Å²) < 4.78 is 10.6. The first-order chi connectivity index (χ1) is 18.1. The molecule has 1 aliphatic carbocycles. The molecule has 1 fully saturated rings. The molecule has 2 aromatic rings. The van der Waals surface area contributed by atoms with E-state index in [1.54, 1.807) is 0 Å². The Morgan fingerprint density at radius 2 is 1.57 bits per heavy atom. The fraction of sp³-hybridized carbons (Fsp3) is 0.613. The third-order valence-corrected chi connectivity index (χ3v) is 7.41. The first-order valence-corrected chi connectivity index (χ1v) is 14.3. The van der Waals surface area contributed by atoms with Gasteiger partial charge in [0.1, 0.15) is 6.07 Å². The van der Waals surface area contributed by atoms with Gasteiger partial charge in [-0.2, -0.15) is 5.26 Å². The number of rotatable bonds is 14. The van der Waals surface area contributed by atoms with Crippen molar-refractivity contribution in [3.8, 4) is 17.5 Å². The molecule has 0 amide bonds. The van der Waals surface area contributed by atoms with E-state index in [9.17, 15) is 10.1 Å². The van der Waals surface area contributed by atoms with Gasteiger partial charge < -0.3 is 9.47 Å². The Kier molecular flexibility index (Phi) is 11.9. The van der Waals surface area contributed by atoms with Crippen LogP contribution in [-0.2, 0) is 15.9 Å². The van der Waals surface area contributed by atoms with E-state index in [1.165, 1.54) is 49.7 Å². The van der Waals surface area contributed by atoms with E-state index >= 15 is 0 Å². The van der Waals surface area contributed by atoms with Crippen LogP contribution in [0.3, 0.4) is 0 Å². The molecular weight excluding hydrogens is 462 g/mol. The van der Waals surface area contributed by atoms with E-state index < -0.39 is 11.8 Å². The molecule has 6 heteroatoms. The van der Waals surface area contributed by atoms with Crippen molar-refractivity contribution < 1.29 is 14.3 Å². The fourth-order valence-electron chi connectivity index (χ4n) is 5.00. The molecule has 1 saturated carbocycles. The third-order valence-electron chi connectivity index (χ3n) is 7.41. The lowest BCUT2D eigenvalue weighted by molar-refractivity contribution is -0.0261. The van der Waals surface area contributed by atoms with E-state index in [1.807, 2.05) is 12.4 Å². The minimum Gasteiger partial charge on any atom is -0.434 e. The summed E-state index contributed by atoms with van der Waals surface area (Å²) in [6.07, 6.45) is 17.5. The maximum absolute atomic E-state index is 12.1. The van der Waals surface area contributed by atoms with Crippen molar-refractivity contribution in [3.05, 3.63) is 47.8 Å². The quantitative estimate of drug-likeness (QED) is 0.189. The Labute approximate surface area is 222 Å². The summed E-state index contributed by atoms with van der Waals surface area (Å²) in [4.78, 5) is 21.3. The van der Waals surface area contributed by atoms with Crippen LogP contribution in [-0.4, -0.2) is 28.3 Å². The van der Waals surface area contributed by atoms with Gasteiger partial charge in [0.15, 0.2) is 5.82 Å². The van der Waals surface area contributed by atoms with Crippen molar-refractivity contribution >= 4 is 6.16 Å². The van der Waals surface area contributed by atoms with Crippen molar-refractivity contribution in [2.75, 3.05) is 6.61 Å². The van der Waals surface area contributed by atoms with Crippen LogP contribution in [0.1, 0.15) is 114 Å². The zero-order valence-electron chi connectivity index (χ0n) is 22.7. The van der Waals surface area contributed by atoms with Crippen molar-refractivity contribution in [3.63, 3.8) is 0 Å². The first-order valence-electron chi connectivity index (χ1n) is 14.3. The summed E-state index contributed by atoms with van der Waals surface area (Å²) in [6, 6.07) is 10.7. The molecule has 3 rings (SSSR count). The van der Waals surface area contributed by atoms with Gasteiger partial charge >= 0.3 is 6.16 Å². The number of nitriles is 1. The molecular formula is C31H43N3O3. The van der Waals surface area contributed by atoms with Gasteiger partial charge in [0.05, 0.1) is 6.61 Å². The maximum atomic E-state index is 12.1. The highest BCUT2D eigenvalue weighted by atomic mass is 16.7. The molecule has 0 atom stereocenters. The van der Waals surface area contributed by atoms with Gasteiger partial charge in [-0.05, 0) is 49.1 Å². The SMILES string of the molecule is CCCCCCCCc1cnc(-c2ccc([C@H]3CC[C@@](C#N)(OC(=O)OCCCCC)CC3)cc2)nc1. The van der Waals surface area contributed by atoms with Gasteiger partial charge in [0, 0.05) is 30.8 Å². The van der Waals surface area contributed by atoms with Gasteiger partial charge in [0.2, 0.25) is 5.60 Å². The van der Waals surface area contributed by atoms with Gasteiger partial charge in [-0.1, -0.05) is 83.1 Å². The van der Waals surface area contributed by atoms with Crippen molar-refractivity contribution in [1.29, 1.82) is 5.26 Å². The molecule has 1 aromatic heterocycles. The summed E-state index contributed by atoms with van der Waals surface area (Å²) in [7, 11) is 0. The van der Waals surface area contributed by atoms with Gasteiger partial charge in [-0.15, -0.1) is 0 Å². The van der Waals surface area contributed by atoms with Crippen LogP contribution in [0.5, 0.6) is 0 Å². The number of hydrogen-bond acceptors (Lipinski definition) is 6. The number of hydrogen-bond donors (Lipinski definition) is 0. The molecule has 0 N–H and O–H groups in total. The third kappa shape index (κ3) is 9.14. The summed E-state index contributed by atoms with van der Waals surface area (Å²) >= 11 is 0. The fourth-order valence-corrected chi connectivity index (χ4v) is 5.00. The summed E-state index contributed by atoms with van der Waals surface area (Å²) in [5, 5.41) is 9.73. The van der Waals surface area contributed by atoms with Crippen LogP contribution in [0.4, 0.5) is 4.79 Å². The van der Waals surface area contributed by atoms with Gasteiger partial charge in [-0.3, -0.25) is 0 Å². The number of aromatic nitrogens is 2. The van der Waals surface area contributed by atoms with Gasteiger partial charge in [-0.25, -0.2) is 14.8 Å². The van der Waals surface area contributed by atoms with Crippen LogP contribution in [0.15, 0.2) is 36.7 Å². The first kappa shape index (κ1) is 28.6. The van der Waals surface area contributed by atoms with Crippen LogP contribution in [0.2, 0.25) is 0 Å². The molecule has 200 valence electrons. The summed E-state index contributed by atoms with van der Waals surface area (Å²) in [5.74, 6) is 1.08. The second kappa shape index (κ2) is 15.3. The largest absolute Gasteiger partial charge is 0.509 e. The minimum absolute atomic E-state index is 0.334. The Morgan fingerprint density at radius 1 is 0.946 bits per heavy atom. The highest BCUT2D eigenvalue weighted by Gasteiger charge is 2.40. The number of benzene rings is 1. The Balaban J connectivity index is 1.46. The number of unbranched alkanes of at least 4 members (excludes halogenated alkanes) is 7. The topological polar surface area (TPSA) is 85.1 Å². The van der Waals surface area contributed by atoms with Crippen LogP contribution < -0.4 is 0 Å². The lowest BCUT2D eigenvalue weighted by atomic mass is 9.76. The number of nitrogens with zero attached hydrogens (tertiary/aromatic N) is 3. The molecule has 1 aliphatic rings. The molecule has 0 bridgehead atoms. The minimum atomic E-state index is -1.08. The normalized spacial score (nSPS) is 19.2. The molecule has 1 heterocycles. The summed E-state index contributed by atoms with van der Waals surface area (Å²) in [6.45, 7) is 4.68. The second-order valence-corrected chi connectivity index (χ2v) is 10.3. The number of aryl methyl sites for hydroxylation is 1. The molecule has 0 spiro atoms. The monoisotopic (exact) mass is 505 g/mol. The lowest BCUT2D eigenvalue weighted by Crippen LogP contribution is -2.37. The molecule has 0 unspecified atom stereocenters. The molecule has 1 aromatic carbocycles. The van der Waals surface area contributed by atoms with Crippen molar-refractivity contribution in [2.45, 2.75) is 115 Å². The predicted molar refractivity (Wildman–Crippen MR) is 146 cm³/mol. The van der Waals surface area contributed by atoms with E-state index in [-0.39, 0.29) is 0 Å². The van der Waals surface area contributed by atoms with Crippen LogP contribution in [0.25, 0.3) is 11.4 Å². The zero-order valence-corrected chi connectivity index (χ0v) is 22.7. The molecule has 37 heavy (non-hydrogen) atoms. The van der Waals surface area contributed by atoms with E-state index in [2.05, 4.69) is 54.2 Å². The Bertz CT molecular complexity index is 974. The van der Waals surface area contributed by atoms with Gasteiger partial charge in [0.25, 0.3) is 0 Å². The number of ether oxygens (including phenoxy) is 2. The maximum Gasteiger partial charge on any atom is 0.509 e. The lowest BCUT2D eigenvalue weighted by Gasteiger charge is -2.34. The predicted octanol–water partition coefficient (Wildman–Crippen LogP) is 8.31. The average Bonchev–Trinajstić information content (AvgIpc) is 2.94. The summed E-state index contributed by atoms with van der Waals surface area (Å²) in [5.41, 5.74) is 2.36. The van der Waals surface area contributed by atoms with Crippen LogP contribution in [0, 0.1) is 11.3 Å². The zero-order chi connectivity index (χ0) is 26.3. The van der Waals surface area contributed by atoms with E-state index in [0.29, 0.717) is 25.4 Å². The van der Waals surface area contributed by atoms with E-state index in [4.69, 9.17) is 9.47 Å². The van der Waals surface area contributed by atoms with Crippen molar-refractivity contribution in [1.82, 2.24) is 9.97 Å². The number of carbonyl (C=O) groups is 1. The highest BCUT2D eigenvalue weighted by molar-refractivity contribution is 5.61. The molecule has 6 nitrogen and oxygen atoms in total. The number of carbonyl (C=O) groups excluding carboxylic acids is 1. The molecule has 0 radical (unpaired) electrons. The molecule has 0 saturated heterocycles. The molecule has 0 aliphatic heterocycles. The Hall–Kier alpha value is -2.94. The second-order valence-electron chi connectivity index (χ2n) is 10.3. The average molecular weight is 506 g/mol. The standard InChI is InChI=1S/C31H43N3O3/c1-3-5-7-8-9-10-12-25-22-33-29(34-23-25)28-15-13-26(14-16-28)27-17-19-31(24-32,20-18-27)37-30(35)36-21-11-6-4-2/h13-16,22-23,27H,3-12,17-21H2,1-2H3/t27-,31+. The van der Waals surface area contributed by atoms with Crippen LogP contribution >= 0.6 is 0 Å².